The van der Waals surface area contributed by atoms with E-state index in [4.69, 9.17) is 4.74 Å². The smallest absolute Gasteiger partial charge is 0.259 e. The first-order valence-corrected chi connectivity index (χ1v) is 11.0. The van der Waals surface area contributed by atoms with Gasteiger partial charge in [0.2, 0.25) is 5.91 Å². The zero-order valence-corrected chi connectivity index (χ0v) is 19.5. The summed E-state index contributed by atoms with van der Waals surface area (Å²) in [5.74, 6) is 0.407. The summed E-state index contributed by atoms with van der Waals surface area (Å²) in [6.07, 6.45) is 0.524. The Kier molecular flexibility index (Phi) is 7.18. The Balaban J connectivity index is 1.80. The number of methoxy groups -OCH3 is 1. The standard InChI is InChI=1S/C21H23Br2N3O3/c1-3-19(27)26-10-8-25(9-11-26)18-7-5-4-6-17(18)24-21(28)15-12-14(22)13-16(23)20(15)29-2/h4-7,12-13H,3,8-11H2,1-2H3,(H,24,28). The molecule has 1 fully saturated rings. The molecule has 154 valence electrons. The molecule has 0 radical (unpaired) electrons. The molecule has 3 rings (SSSR count). The summed E-state index contributed by atoms with van der Waals surface area (Å²) in [7, 11) is 1.54. The Morgan fingerprint density at radius 2 is 1.79 bits per heavy atom. The lowest BCUT2D eigenvalue weighted by atomic mass is 10.1. The van der Waals surface area contributed by atoms with Gasteiger partial charge in [-0.25, -0.2) is 0 Å². The van der Waals surface area contributed by atoms with Crippen molar-refractivity contribution in [2.75, 3.05) is 43.5 Å². The van der Waals surface area contributed by atoms with Crippen LogP contribution in [0.15, 0.2) is 45.3 Å². The summed E-state index contributed by atoms with van der Waals surface area (Å²) in [6.45, 7) is 4.70. The number of nitrogens with zero attached hydrogens (tertiary/aromatic N) is 2. The Hall–Kier alpha value is -2.06. The minimum absolute atomic E-state index is 0.179. The first-order chi connectivity index (χ1) is 13.9. The fourth-order valence-electron chi connectivity index (χ4n) is 3.40. The maximum absolute atomic E-state index is 13.0. The van der Waals surface area contributed by atoms with Gasteiger partial charge in [0.1, 0.15) is 5.75 Å². The lowest BCUT2D eigenvalue weighted by Crippen LogP contribution is -2.48. The highest BCUT2D eigenvalue weighted by molar-refractivity contribution is 9.11. The van der Waals surface area contributed by atoms with Crippen molar-refractivity contribution < 1.29 is 14.3 Å². The highest BCUT2D eigenvalue weighted by Crippen LogP contribution is 2.34. The van der Waals surface area contributed by atoms with Crippen molar-refractivity contribution in [1.29, 1.82) is 0 Å². The molecule has 2 aromatic carbocycles. The number of ether oxygens (including phenoxy) is 1. The Labute approximate surface area is 187 Å². The molecule has 0 saturated carbocycles. The van der Waals surface area contributed by atoms with Gasteiger partial charge in [-0.15, -0.1) is 0 Å². The number of carbonyl (C=O) groups is 2. The molecule has 1 aliphatic heterocycles. The molecule has 1 heterocycles. The quantitative estimate of drug-likeness (QED) is 0.624. The predicted octanol–water partition coefficient (Wildman–Crippen LogP) is 4.53. The van der Waals surface area contributed by atoms with Gasteiger partial charge in [0.15, 0.2) is 0 Å². The summed E-state index contributed by atoms with van der Waals surface area (Å²) >= 11 is 6.86. The van der Waals surface area contributed by atoms with Gasteiger partial charge in [-0.05, 0) is 40.2 Å². The molecular weight excluding hydrogens is 502 g/mol. The molecule has 0 bridgehead atoms. The van der Waals surface area contributed by atoms with Crippen LogP contribution in [0.25, 0.3) is 0 Å². The molecule has 8 heteroatoms. The topological polar surface area (TPSA) is 61.9 Å². The van der Waals surface area contributed by atoms with E-state index in [0.717, 1.165) is 28.9 Å². The molecule has 0 unspecified atom stereocenters. The number of halogens is 2. The summed E-state index contributed by atoms with van der Waals surface area (Å²) in [4.78, 5) is 29.0. The third kappa shape index (κ3) is 4.93. The van der Waals surface area contributed by atoms with Crippen molar-refractivity contribution >= 4 is 55.0 Å². The van der Waals surface area contributed by atoms with Crippen LogP contribution in [-0.4, -0.2) is 50.0 Å². The minimum Gasteiger partial charge on any atom is -0.495 e. The van der Waals surface area contributed by atoms with E-state index in [1.165, 1.54) is 7.11 Å². The number of rotatable bonds is 5. The SMILES string of the molecule is CCC(=O)N1CCN(c2ccccc2NC(=O)c2cc(Br)cc(Br)c2OC)CC1. The fourth-order valence-corrected chi connectivity index (χ4v) is 4.79. The second-order valence-electron chi connectivity index (χ2n) is 6.66. The molecule has 0 atom stereocenters. The van der Waals surface area contributed by atoms with Gasteiger partial charge in [0, 0.05) is 37.1 Å². The van der Waals surface area contributed by atoms with Crippen LogP contribution in [0.4, 0.5) is 11.4 Å². The number of anilines is 2. The molecule has 29 heavy (non-hydrogen) atoms. The second kappa shape index (κ2) is 9.63. The van der Waals surface area contributed by atoms with Gasteiger partial charge in [-0.1, -0.05) is 35.0 Å². The first kappa shape index (κ1) is 21.6. The van der Waals surface area contributed by atoms with Crippen LogP contribution < -0.4 is 15.0 Å². The van der Waals surface area contributed by atoms with Crippen LogP contribution >= 0.6 is 31.9 Å². The van der Waals surface area contributed by atoms with E-state index in [9.17, 15) is 9.59 Å². The molecule has 6 nitrogen and oxygen atoms in total. The fraction of sp³-hybridized carbons (Fsp3) is 0.333. The highest BCUT2D eigenvalue weighted by Gasteiger charge is 2.23. The van der Waals surface area contributed by atoms with Crippen LogP contribution in [0.1, 0.15) is 23.7 Å². The minimum atomic E-state index is -0.254. The Morgan fingerprint density at radius 3 is 2.45 bits per heavy atom. The summed E-state index contributed by atoms with van der Waals surface area (Å²) in [5.41, 5.74) is 2.10. The maximum Gasteiger partial charge on any atom is 0.259 e. The van der Waals surface area contributed by atoms with Gasteiger partial charge in [-0.3, -0.25) is 9.59 Å². The number of hydrogen-bond donors (Lipinski definition) is 1. The largest absolute Gasteiger partial charge is 0.495 e. The van der Waals surface area contributed by atoms with Crippen LogP contribution in [-0.2, 0) is 4.79 Å². The van der Waals surface area contributed by atoms with Crippen molar-refractivity contribution in [3.63, 3.8) is 0 Å². The van der Waals surface area contributed by atoms with Crippen LogP contribution in [0.5, 0.6) is 5.75 Å². The van der Waals surface area contributed by atoms with Crippen molar-refractivity contribution in [3.8, 4) is 5.75 Å². The molecule has 1 aliphatic rings. The van der Waals surface area contributed by atoms with Crippen molar-refractivity contribution in [2.24, 2.45) is 0 Å². The molecule has 2 aromatic rings. The number of nitrogens with one attached hydrogen (secondary N) is 1. The molecule has 1 N–H and O–H groups in total. The number of benzene rings is 2. The highest BCUT2D eigenvalue weighted by atomic mass is 79.9. The molecule has 0 aliphatic carbocycles. The maximum atomic E-state index is 13.0. The average molecular weight is 525 g/mol. The normalized spacial score (nSPS) is 13.9. The second-order valence-corrected chi connectivity index (χ2v) is 8.43. The van der Waals surface area contributed by atoms with Gasteiger partial charge < -0.3 is 19.9 Å². The average Bonchev–Trinajstić information content (AvgIpc) is 2.73. The zero-order chi connectivity index (χ0) is 21.0. The third-order valence-electron chi connectivity index (χ3n) is 4.88. The van der Waals surface area contributed by atoms with E-state index in [1.807, 2.05) is 42.2 Å². The number of piperazine rings is 1. The lowest BCUT2D eigenvalue weighted by molar-refractivity contribution is -0.131. The van der Waals surface area contributed by atoms with E-state index in [-0.39, 0.29) is 11.8 Å². The monoisotopic (exact) mass is 523 g/mol. The van der Waals surface area contributed by atoms with Crippen LogP contribution in [0.3, 0.4) is 0 Å². The number of amides is 2. The van der Waals surface area contributed by atoms with E-state index in [1.54, 1.807) is 6.07 Å². The summed E-state index contributed by atoms with van der Waals surface area (Å²) in [6, 6.07) is 11.3. The van der Waals surface area contributed by atoms with E-state index in [0.29, 0.717) is 35.3 Å². The summed E-state index contributed by atoms with van der Waals surface area (Å²) in [5, 5.41) is 3.02. The number of carbonyl (C=O) groups excluding carboxylic acids is 2. The van der Waals surface area contributed by atoms with Crippen LogP contribution in [0.2, 0.25) is 0 Å². The van der Waals surface area contributed by atoms with E-state index in [2.05, 4.69) is 42.1 Å². The molecule has 1 saturated heterocycles. The van der Waals surface area contributed by atoms with Gasteiger partial charge in [0.05, 0.1) is 28.5 Å². The molecular formula is C21H23Br2N3O3. The Morgan fingerprint density at radius 1 is 1.10 bits per heavy atom. The van der Waals surface area contributed by atoms with E-state index >= 15 is 0 Å². The molecule has 2 amide bonds. The Bertz CT molecular complexity index is 912. The van der Waals surface area contributed by atoms with Crippen molar-refractivity contribution in [3.05, 3.63) is 50.9 Å². The van der Waals surface area contributed by atoms with Crippen molar-refractivity contribution in [1.82, 2.24) is 4.90 Å². The first-order valence-electron chi connectivity index (χ1n) is 9.40. The number of hydrogen-bond acceptors (Lipinski definition) is 4. The van der Waals surface area contributed by atoms with Gasteiger partial charge in [0.25, 0.3) is 5.91 Å². The van der Waals surface area contributed by atoms with Gasteiger partial charge >= 0.3 is 0 Å². The van der Waals surface area contributed by atoms with Crippen LogP contribution in [0, 0.1) is 0 Å². The van der Waals surface area contributed by atoms with Gasteiger partial charge in [-0.2, -0.15) is 0 Å². The lowest BCUT2D eigenvalue weighted by Gasteiger charge is -2.36. The van der Waals surface area contributed by atoms with Crippen molar-refractivity contribution in [2.45, 2.75) is 13.3 Å². The molecule has 0 spiro atoms. The molecule has 0 aromatic heterocycles. The predicted molar refractivity (Wildman–Crippen MR) is 122 cm³/mol. The van der Waals surface area contributed by atoms with E-state index < -0.39 is 0 Å². The third-order valence-corrected chi connectivity index (χ3v) is 5.93. The summed E-state index contributed by atoms with van der Waals surface area (Å²) < 4.78 is 6.88. The number of para-hydroxylation sites is 2. The zero-order valence-electron chi connectivity index (χ0n) is 16.4.